The highest BCUT2D eigenvalue weighted by atomic mass is 32.1. The zero-order chi connectivity index (χ0) is 12.7. The first-order chi connectivity index (χ1) is 8.68. The van der Waals surface area contributed by atoms with Crippen LogP contribution in [0.1, 0.15) is 11.3 Å². The summed E-state index contributed by atoms with van der Waals surface area (Å²) in [6.45, 7) is 4.05. The van der Waals surface area contributed by atoms with Gasteiger partial charge in [-0.2, -0.15) is 0 Å². The molecule has 0 saturated carbocycles. The highest BCUT2D eigenvalue weighted by Gasteiger charge is 2.15. The molecule has 0 atom stereocenters. The van der Waals surface area contributed by atoms with E-state index in [0.717, 1.165) is 22.2 Å². The largest absolute Gasteiger partial charge is 0.383 e. The summed E-state index contributed by atoms with van der Waals surface area (Å²) < 4.78 is 0. The lowest BCUT2D eigenvalue weighted by Gasteiger charge is -2.11. The van der Waals surface area contributed by atoms with Crippen LogP contribution in [0, 0.1) is 13.8 Å². The van der Waals surface area contributed by atoms with E-state index in [1.165, 1.54) is 11.2 Å². The summed E-state index contributed by atoms with van der Waals surface area (Å²) >= 11 is 1.68. The maximum atomic E-state index is 6.00. The predicted octanol–water partition coefficient (Wildman–Crippen LogP) is 2.95. The van der Waals surface area contributed by atoms with Gasteiger partial charge in [0.15, 0.2) is 5.65 Å². The van der Waals surface area contributed by atoms with Crippen molar-refractivity contribution in [3.63, 3.8) is 0 Å². The summed E-state index contributed by atoms with van der Waals surface area (Å²) in [5, 5.41) is 2.90. The number of rotatable bonds is 1. The molecular weight excluding hydrogens is 244 g/mol. The lowest BCUT2D eigenvalue weighted by molar-refractivity contribution is 1.13. The molecule has 0 fully saturated rings. The lowest BCUT2D eigenvalue weighted by Crippen LogP contribution is -2.00. The molecule has 3 aromatic heterocycles. The van der Waals surface area contributed by atoms with Gasteiger partial charge in [-0.3, -0.25) is 0 Å². The molecule has 0 amide bonds. The van der Waals surface area contributed by atoms with E-state index >= 15 is 0 Å². The Kier molecular flexibility index (Phi) is 2.48. The van der Waals surface area contributed by atoms with E-state index < -0.39 is 0 Å². The SMILES string of the molecule is Cc1nc2ncnc(N)c2c(-c2cccs2)c1C. The van der Waals surface area contributed by atoms with Crippen LogP contribution in [-0.4, -0.2) is 15.0 Å². The molecule has 0 spiro atoms. The van der Waals surface area contributed by atoms with Crippen LogP contribution in [0.3, 0.4) is 0 Å². The number of nitrogen functional groups attached to an aromatic ring is 1. The minimum absolute atomic E-state index is 0.485. The summed E-state index contributed by atoms with van der Waals surface area (Å²) in [5.74, 6) is 0.485. The van der Waals surface area contributed by atoms with Crippen molar-refractivity contribution >= 4 is 28.2 Å². The molecule has 3 heterocycles. The fourth-order valence-corrected chi connectivity index (χ4v) is 2.89. The van der Waals surface area contributed by atoms with Crippen molar-refractivity contribution in [3.8, 4) is 10.4 Å². The normalized spacial score (nSPS) is 11.0. The first kappa shape index (κ1) is 11.1. The maximum absolute atomic E-state index is 6.00. The number of aromatic nitrogens is 3. The van der Waals surface area contributed by atoms with Gasteiger partial charge in [0, 0.05) is 16.1 Å². The van der Waals surface area contributed by atoms with E-state index in [9.17, 15) is 0 Å². The molecule has 0 radical (unpaired) electrons. The van der Waals surface area contributed by atoms with E-state index in [-0.39, 0.29) is 0 Å². The predicted molar refractivity (Wildman–Crippen MR) is 74.5 cm³/mol. The molecule has 3 rings (SSSR count). The Morgan fingerprint density at radius 3 is 2.78 bits per heavy atom. The number of pyridine rings is 1. The van der Waals surface area contributed by atoms with Crippen LogP contribution in [0.15, 0.2) is 23.8 Å². The molecule has 0 aliphatic heterocycles. The Bertz CT molecular complexity index is 719. The van der Waals surface area contributed by atoms with Crippen LogP contribution in [0.4, 0.5) is 5.82 Å². The van der Waals surface area contributed by atoms with E-state index in [0.29, 0.717) is 11.5 Å². The first-order valence-corrected chi connectivity index (χ1v) is 6.47. The van der Waals surface area contributed by atoms with Gasteiger partial charge < -0.3 is 5.73 Å². The topological polar surface area (TPSA) is 64.7 Å². The molecular formula is C13H12N4S. The summed E-state index contributed by atoms with van der Waals surface area (Å²) in [4.78, 5) is 13.9. The zero-order valence-electron chi connectivity index (χ0n) is 10.1. The Morgan fingerprint density at radius 1 is 1.22 bits per heavy atom. The van der Waals surface area contributed by atoms with Crippen molar-refractivity contribution in [2.75, 3.05) is 5.73 Å². The third-order valence-electron chi connectivity index (χ3n) is 3.07. The number of hydrogen-bond donors (Lipinski definition) is 1. The number of hydrogen-bond acceptors (Lipinski definition) is 5. The second kappa shape index (κ2) is 4.03. The minimum atomic E-state index is 0.485. The van der Waals surface area contributed by atoms with Crippen molar-refractivity contribution < 1.29 is 0 Å². The van der Waals surface area contributed by atoms with Gasteiger partial charge in [0.25, 0.3) is 0 Å². The highest BCUT2D eigenvalue weighted by Crippen LogP contribution is 2.36. The highest BCUT2D eigenvalue weighted by molar-refractivity contribution is 7.13. The van der Waals surface area contributed by atoms with Gasteiger partial charge >= 0.3 is 0 Å². The molecule has 18 heavy (non-hydrogen) atoms. The number of fused-ring (bicyclic) bond motifs is 1. The molecule has 0 bridgehead atoms. The van der Waals surface area contributed by atoms with Gasteiger partial charge in [-0.15, -0.1) is 11.3 Å². The van der Waals surface area contributed by atoms with Crippen molar-refractivity contribution in [1.82, 2.24) is 15.0 Å². The van der Waals surface area contributed by atoms with Crippen LogP contribution >= 0.6 is 11.3 Å². The maximum Gasteiger partial charge on any atom is 0.165 e. The Balaban J connectivity index is 2.51. The number of nitrogens with zero attached hydrogens (tertiary/aromatic N) is 3. The number of aryl methyl sites for hydroxylation is 1. The Morgan fingerprint density at radius 2 is 2.06 bits per heavy atom. The van der Waals surface area contributed by atoms with Crippen LogP contribution in [0.2, 0.25) is 0 Å². The Labute approximate surface area is 109 Å². The monoisotopic (exact) mass is 256 g/mol. The van der Waals surface area contributed by atoms with Crippen molar-refractivity contribution in [2.45, 2.75) is 13.8 Å². The van der Waals surface area contributed by atoms with Crippen LogP contribution in [-0.2, 0) is 0 Å². The van der Waals surface area contributed by atoms with Crippen molar-refractivity contribution in [3.05, 3.63) is 35.1 Å². The number of anilines is 1. The second-order valence-electron chi connectivity index (χ2n) is 4.13. The summed E-state index contributed by atoms with van der Waals surface area (Å²) in [6.07, 6.45) is 1.46. The molecule has 4 nitrogen and oxygen atoms in total. The molecule has 0 aromatic carbocycles. The van der Waals surface area contributed by atoms with Crippen LogP contribution < -0.4 is 5.73 Å². The quantitative estimate of drug-likeness (QED) is 0.727. The van der Waals surface area contributed by atoms with Crippen molar-refractivity contribution in [1.29, 1.82) is 0 Å². The van der Waals surface area contributed by atoms with Crippen LogP contribution in [0.25, 0.3) is 21.5 Å². The van der Waals surface area contributed by atoms with E-state index in [1.54, 1.807) is 11.3 Å². The van der Waals surface area contributed by atoms with Crippen LogP contribution in [0.5, 0.6) is 0 Å². The van der Waals surface area contributed by atoms with E-state index in [2.05, 4.69) is 33.3 Å². The molecule has 5 heteroatoms. The third-order valence-corrected chi connectivity index (χ3v) is 3.95. The van der Waals surface area contributed by atoms with Gasteiger partial charge in [-0.05, 0) is 30.9 Å². The van der Waals surface area contributed by atoms with Crippen molar-refractivity contribution in [2.24, 2.45) is 0 Å². The fourth-order valence-electron chi connectivity index (χ4n) is 2.05. The smallest absolute Gasteiger partial charge is 0.165 e. The summed E-state index contributed by atoms with van der Waals surface area (Å²) in [7, 11) is 0. The van der Waals surface area contributed by atoms with E-state index in [1.807, 2.05) is 13.0 Å². The molecule has 0 saturated heterocycles. The van der Waals surface area contributed by atoms with Gasteiger partial charge in [0.05, 0.1) is 5.39 Å². The molecule has 0 aliphatic carbocycles. The average molecular weight is 256 g/mol. The second-order valence-corrected chi connectivity index (χ2v) is 5.08. The zero-order valence-corrected chi connectivity index (χ0v) is 11.0. The molecule has 0 unspecified atom stereocenters. The lowest BCUT2D eigenvalue weighted by atomic mass is 10.0. The Hall–Kier alpha value is -2.01. The van der Waals surface area contributed by atoms with E-state index in [4.69, 9.17) is 5.73 Å². The fraction of sp³-hybridized carbons (Fsp3) is 0.154. The van der Waals surface area contributed by atoms with Gasteiger partial charge in [0.2, 0.25) is 0 Å². The molecule has 3 aromatic rings. The number of thiophene rings is 1. The summed E-state index contributed by atoms with van der Waals surface area (Å²) in [6, 6.07) is 4.11. The minimum Gasteiger partial charge on any atom is -0.383 e. The molecule has 2 N–H and O–H groups in total. The van der Waals surface area contributed by atoms with Gasteiger partial charge in [-0.1, -0.05) is 6.07 Å². The third kappa shape index (κ3) is 1.55. The van der Waals surface area contributed by atoms with Gasteiger partial charge in [0.1, 0.15) is 12.1 Å². The molecule has 90 valence electrons. The first-order valence-electron chi connectivity index (χ1n) is 5.59. The summed E-state index contributed by atoms with van der Waals surface area (Å²) in [5.41, 5.74) is 9.87. The molecule has 0 aliphatic rings. The standard InChI is InChI=1S/C13H12N4S/c1-7-8(2)17-13-11(12(14)15-6-16-13)10(7)9-4-3-5-18-9/h3-6H,1-2H3,(H2,14,15,16,17). The van der Waals surface area contributed by atoms with Gasteiger partial charge in [-0.25, -0.2) is 15.0 Å². The number of nitrogens with two attached hydrogens (primary N) is 1. The average Bonchev–Trinajstić information content (AvgIpc) is 2.85.